The zero-order valence-electron chi connectivity index (χ0n) is 8.76. The molecule has 4 heteroatoms. The van der Waals surface area contributed by atoms with Gasteiger partial charge in [-0.15, -0.1) is 0 Å². The van der Waals surface area contributed by atoms with Gasteiger partial charge in [-0.05, 0) is 25.9 Å². The summed E-state index contributed by atoms with van der Waals surface area (Å²) in [4.78, 5) is 0. The molecule has 0 aromatic carbocycles. The van der Waals surface area contributed by atoms with E-state index in [9.17, 15) is 0 Å². The highest BCUT2D eigenvalue weighted by Gasteiger charge is 2.35. The second-order valence-electron chi connectivity index (χ2n) is 4.42. The van der Waals surface area contributed by atoms with Gasteiger partial charge in [0.25, 0.3) is 0 Å². The lowest BCUT2D eigenvalue weighted by Crippen LogP contribution is -2.52. The van der Waals surface area contributed by atoms with Crippen molar-refractivity contribution in [2.75, 3.05) is 13.2 Å². The molecular weight excluding hydrogens is 182 g/mol. The molecule has 72 valence electrons. The summed E-state index contributed by atoms with van der Waals surface area (Å²) in [6.45, 7) is 11.6. The fourth-order valence-electron chi connectivity index (χ4n) is 1.87. The smallest absolute Gasteiger partial charge is 0.248 e. The van der Waals surface area contributed by atoms with E-state index >= 15 is 0 Å². The Labute approximate surface area is 78.8 Å². The molecule has 1 unspecified atom stereocenters. The average Bonchev–Trinajstić information content (AvgIpc) is 2.34. The molecule has 0 spiro atoms. The second-order valence-corrected chi connectivity index (χ2v) is 12.3. The third-order valence-corrected chi connectivity index (χ3v) is 10.1. The quantitative estimate of drug-likeness (QED) is 0.649. The van der Waals surface area contributed by atoms with Gasteiger partial charge in [-0.25, -0.2) is 0 Å². The Morgan fingerprint density at radius 3 is 2.58 bits per heavy atom. The van der Waals surface area contributed by atoms with Crippen LogP contribution >= 0.6 is 0 Å². The minimum absolute atomic E-state index is 0.915. The summed E-state index contributed by atoms with van der Waals surface area (Å²) in [5.74, 6) is 0. The van der Waals surface area contributed by atoms with Crippen molar-refractivity contribution >= 4 is 17.4 Å². The molecule has 2 nitrogen and oxygen atoms in total. The summed E-state index contributed by atoms with van der Waals surface area (Å²) in [5, 5.41) is 0. The van der Waals surface area contributed by atoms with Gasteiger partial charge in [0.15, 0.2) is 0 Å². The van der Waals surface area contributed by atoms with E-state index in [-0.39, 0.29) is 0 Å². The summed E-state index contributed by atoms with van der Waals surface area (Å²) < 4.78 is 8.57. The van der Waals surface area contributed by atoms with Crippen molar-refractivity contribution < 1.29 is 4.43 Å². The maximum atomic E-state index is 5.84. The largest absolute Gasteiger partial charge is 0.406 e. The third-order valence-electron chi connectivity index (χ3n) is 2.42. The summed E-state index contributed by atoms with van der Waals surface area (Å²) in [6, 6.07) is 1.37. The Bertz CT molecular complexity index is 146. The lowest BCUT2D eigenvalue weighted by atomic mass is 10.5. The van der Waals surface area contributed by atoms with Gasteiger partial charge >= 0.3 is 0 Å². The molecule has 0 amide bonds. The van der Waals surface area contributed by atoms with Crippen LogP contribution in [0.5, 0.6) is 0 Å². The van der Waals surface area contributed by atoms with Crippen molar-refractivity contribution in [2.24, 2.45) is 0 Å². The molecule has 1 saturated heterocycles. The summed E-state index contributed by atoms with van der Waals surface area (Å²) in [7, 11) is -1.98. The maximum absolute atomic E-state index is 5.84. The molecule has 1 aliphatic heterocycles. The monoisotopic (exact) mass is 203 g/mol. The van der Waals surface area contributed by atoms with Crippen LogP contribution in [0.1, 0.15) is 13.3 Å². The van der Waals surface area contributed by atoms with Gasteiger partial charge in [0.05, 0.1) is 0 Å². The molecule has 1 aliphatic rings. The lowest BCUT2D eigenvalue weighted by Gasteiger charge is -2.34. The third kappa shape index (κ3) is 2.42. The first kappa shape index (κ1) is 10.4. The molecule has 0 bridgehead atoms. The summed E-state index contributed by atoms with van der Waals surface area (Å²) >= 11 is 0. The van der Waals surface area contributed by atoms with Crippen LogP contribution in [0.4, 0.5) is 0 Å². The van der Waals surface area contributed by atoms with Gasteiger partial charge in [0, 0.05) is 6.61 Å². The van der Waals surface area contributed by atoms with Crippen LogP contribution in [0.2, 0.25) is 25.7 Å². The second kappa shape index (κ2) is 4.04. The average molecular weight is 203 g/mol. The van der Waals surface area contributed by atoms with Crippen molar-refractivity contribution in [3.63, 3.8) is 0 Å². The first-order chi connectivity index (χ1) is 5.55. The molecule has 0 aromatic rings. The molecule has 12 heavy (non-hydrogen) atoms. The van der Waals surface area contributed by atoms with Gasteiger partial charge in [0.2, 0.25) is 9.20 Å². The molecular formula is C8H21NOSi2. The molecule has 0 aliphatic carbocycles. The van der Waals surface area contributed by atoms with Gasteiger partial charge in [-0.1, -0.05) is 19.6 Å². The number of nitrogens with zero attached hydrogens (tertiary/aromatic N) is 1. The molecule has 0 N–H and O–H groups in total. The Balaban J connectivity index is 2.52. The van der Waals surface area contributed by atoms with Gasteiger partial charge in [0.1, 0.15) is 8.24 Å². The molecule has 0 aromatic heterocycles. The first-order valence-corrected chi connectivity index (χ1v) is 10.2. The van der Waals surface area contributed by atoms with Crippen LogP contribution < -0.4 is 0 Å². The number of hydrogen-bond donors (Lipinski definition) is 0. The Hall–Kier alpha value is 0.354. The van der Waals surface area contributed by atoms with Crippen LogP contribution in [0, 0.1) is 0 Å². The molecule has 0 saturated carbocycles. The van der Waals surface area contributed by atoms with Crippen molar-refractivity contribution in [1.29, 1.82) is 0 Å². The van der Waals surface area contributed by atoms with Crippen LogP contribution in [-0.2, 0) is 4.43 Å². The topological polar surface area (TPSA) is 12.5 Å². The standard InChI is InChI=1S/C8H21NOSi2/c1-5-10-11-8-6-7-9(11)12(2,3)4/h11H,5-8H2,1-4H3. The normalized spacial score (nSPS) is 26.5. The SMILES string of the molecule is CCO[SiH]1CCCN1[Si](C)(C)C. The van der Waals surface area contributed by atoms with Crippen LogP contribution in [-0.4, -0.2) is 34.8 Å². The minimum Gasteiger partial charge on any atom is -0.406 e. The predicted molar refractivity (Wildman–Crippen MR) is 58.3 cm³/mol. The van der Waals surface area contributed by atoms with E-state index in [1.807, 2.05) is 0 Å². The lowest BCUT2D eigenvalue weighted by molar-refractivity contribution is 0.320. The van der Waals surface area contributed by atoms with Crippen LogP contribution in [0.25, 0.3) is 0 Å². The van der Waals surface area contributed by atoms with E-state index in [2.05, 4.69) is 30.8 Å². The minimum atomic E-state index is -1.05. The molecule has 1 heterocycles. The Kier molecular flexibility index (Phi) is 3.51. The van der Waals surface area contributed by atoms with Crippen molar-refractivity contribution in [3.05, 3.63) is 0 Å². The van der Waals surface area contributed by atoms with E-state index in [0.717, 1.165) is 6.61 Å². The van der Waals surface area contributed by atoms with Crippen molar-refractivity contribution in [1.82, 2.24) is 4.23 Å². The van der Waals surface area contributed by atoms with Gasteiger partial charge in [-0.2, -0.15) is 0 Å². The highest BCUT2D eigenvalue weighted by atomic mass is 28.4. The summed E-state index contributed by atoms with van der Waals surface area (Å²) in [5.41, 5.74) is 0. The number of rotatable bonds is 3. The van der Waals surface area contributed by atoms with Crippen LogP contribution in [0.15, 0.2) is 0 Å². The highest BCUT2D eigenvalue weighted by Crippen LogP contribution is 2.22. The van der Waals surface area contributed by atoms with E-state index < -0.39 is 17.4 Å². The van der Waals surface area contributed by atoms with E-state index in [1.165, 1.54) is 19.0 Å². The molecule has 1 rings (SSSR count). The first-order valence-electron chi connectivity index (χ1n) is 4.94. The van der Waals surface area contributed by atoms with E-state index in [1.54, 1.807) is 0 Å². The molecule has 0 radical (unpaired) electrons. The highest BCUT2D eigenvalue weighted by molar-refractivity contribution is 6.81. The zero-order chi connectivity index (χ0) is 9.19. The maximum Gasteiger partial charge on any atom is 0.248 e. The molecule has 1 atom stereocenters. The van der Waals surface area contributed by atoms with E-state index in [4.69, 9.17) is 4.43 Å². The fraction of sp³-hybridized carbons (Fsp3) is 1.00. The molecule has 1 fully saturated rings. The van der Waals surface area contributed by atoms with Gasteiger partial charge in [-0.3, -0.25) is 0 Å². The fourth-order valence-corrected chi connectivity index (χ4v) is 8.81. The zero-order valence-corrected chi connectivity index (χ0v) is 10.9. The number of hydrogen-bond acceptors (Lipinski definition) is 2. The van der Waals surface area contributed by atoms with Crippen molar-refractivity contribution in [3.8, 4) is 0 Å². The predicted octanol–water partition coefficient (Wildman–Crippen LogP) is 1.78. The van der Waals surface area contributed by atoms with Gasteiger partial charge < -0.3 is 8.66 Å². The van der Waals surface area contributed by atoms with Crippen molar-refractivity contribution in [2.45, 2.75) is 39.0 Å². The summed E-state index contributed by atoms with van der Waals surface area (Å²) in [6.07, 6.45) is 1.38. The Morgan fingerprint density at radius 2 is 2.08 bits per heavy atom. The van der Waals surface area contributed by atoms with E-state index in [0.29, 0.717) is 0 Å². The Morgan fingerprint density at radius 1 is 1.42 bits per heavy atom. The van der Waals surface area contributed by atoms with Crippen LogP contribution in [0.3, 0.4) is 0 Å².